The number of benzene rings is 2. The minimum Gasteiger partial charge on any atom is -0.381 e. The number of hydrogen-bond acceptors (Lipinski definition) is 1. The Hall–Kier alpha value is -0.700. The predicted octanol–water partition coefficient (Wildman–Crippen LogP) is 5.68. The maximum absolute atomic E-state index is 6.13. The molecule has 0 aliphatic rings. The van der Waals surface area contributed by atoms with Crippen molar-refractivity contribution in [3.63, 3.8) is 0 Å². The van der Waals surface area contributed by atoms with Gasteiger partial charge in [-0.3, -0.25) is 0 Å². The number of nitrogens with one attached hydrogen (secondary N) is 1. The average Bonchev–Trinajstić information content (AvgIpc) is 2.33. The molecular formula is C14H12BrCl2N. The van der Waals surface area contributed by atoms with Crippen LogP contribution in [0.5, 0.6) is 0 Å². The summed E-state index contributed by atoms with van der Waals surface area (Å²) in [6, 6.07) is 11.6. The van der Waals surface area contributed by atoms with Crippen LogP contribution in [0.2, 0.25) is 10.0 Å². The van der Waals surface area contributed by atoms with Gasteiger partial charge in [0.2, 0.25) is 0 Å². The molecule has 0 saturated heterocycles. The van der Waals surface area contributed by atoms with E-state index >= 15 is 0 Å². The van der Waals surface area contributed by atoms with Gasteiger partial charge in [-0.1, -0.05) is 51.3 Å². The molecule has 0 amide bonds. The zero-order valence-electron chi connectivity index (χ0n) is 9.81. The molecule has 0 spiro atoms. The second kappa shape index (κ2) is 5.96. The number of halogens is 3. The zero-order valence-corrected chi connectivity index (χ0v) is 12.9. The van der Waals surface area contributed by atoms with Crippen LogP contribution in [-0.4, -0.2) is 0 Å². The first-order chi connectivity index (χ1) is 8.59. The first kappa shape index (κ1) is 13.7. The van der Waals surface area contributed by atoms with E-state index in [1.807, 2.05) is 36.4 Å². The van der Waals surface area contributed by atoms with E-state index in [1.165, 1.54) is 5.56 Å². The van der Waals surface area contributed by atoms with E-state index in [4.69, 9.17) is 23.2 Å². The highest BCUT2D eigenvalue weighted by Crippen LogP contribution is 2.27. The zero-order chi connectivity index (χ0) is 13.1. The summed E-state index contributed by atoms with van der Waals surface area (Å²) >= 11 is 15.8. The summed E-state index contributed by atoms with van der Waals surface area (Å²) < 4.78 is 1.08. The lowest BCUT2D eigenvalue weighted by atomic mass is 10.1. The van der Waals surface area contributed by atoms with Crippen molar-refractivity contribution in [2.45, 2.75) is 13.5 Å². The van der Waals surface area contributed by atoms with Crippen LogP contribution in [0.25, 0.3) is 0 Å². The van der Waals surface area contributed by atoms with E-state index in [0.29, 0.717) is 16.6 Å². The van der Waals surface area contributed by atoms with Crippen LogP contribution < -0.4 is 5.32 Å². The number of anilines is 1. The van der Waals surface area contributed by atoms with Gasteiger partial charge in [-0.15, -0.1) is 0 Å². The van der Waals surface area contributed by atoms with Crippen molar-refractivity contribution in [2.75, 3.05) is 5.32 Å². The molecule has 0 unspecified atom stereocenters. The van der Waals surface area contributed by atoms with Gasteiger partial charge in [0, 0.05) is 32.3 Å². The fraction of sp³-hybridized carbons (Fsp3) is 0.143. The molecule has 2 rings (SSSR count). The second-order valence-electron chi connectivity index (χ2n) is 3.97. The Morgan fingerprint density at radius 1 is 1.06 bits per heavy atom. The summed E-state index contributed by atoms with van der Waals surface area (Å²) in [6.07, 6.45) is 0. The van der Waals surface area contributed by atoms with Gasteiger partial charge in [-0.25, -0.2) is 0 Å². The molecule has 0 aromatic heterocycles. The van der Waals surface area contributed by atoms with Gasteiger partial charge >= 0.3 is 0 Å². The molecule has 18 heavy (non-hydrogen) atoms. The van der Waals surface area contributed by atoms with Crippen molar-refractivity contribution < 1.29 is 0 Å². The van der Waals surface area contributed by atoms with Crippen molar-refractivity contribution in [1.82, 2.24) is 0 Å². The van der Waals surface area contributed by atoms with Crippen LogP contribution in [0.15, 0.2) is 40.9 Å². The standard InChI is InChI=1S/C14H12BrCl2N/c1-9-11(15)4-2-7-14(9)18-8-10-12(16)5-3-6-13(10)17/h2-7,18H,8H2,1H3. The van der Waals surface area contributed by atoms with Gasteiger partial charge in [0.25, 0.3) is 0 Å². The van der Waals surface area contributed by atoms with Crippen LogP contribution >= 0.6 is 39.1 Å². The normalized spacial score (nSPS) is 10.4. The summed E-state index contributed by atoms with van der Waals surface area (Å²) in [7, 11) is 0. The van der Waals surface area contributed by atoms with Gasteiger partial charge in [0.15, 0.2) is 0 Å². The maximum Gasteiger partial charge on any atom is 0.0470 e. The van der Waals surface area contributed by atoms with E-state index in [1.54, 1.807) is 0 Å². The van der Waals surface area contributed by atoms with Crippen LogP contribution in [0, 0.1) is 6.92 Å². The fourth-order valence-corrected chi connectivity index (χ4v) is 2.58. The Morgan fingerprint density at radius 3 is 2.33 bits per heavy atom. The lowest BCUT2D eigenvalue weighted by Gasteiger charge is -2.12. The van der Waals surface area contributed by atoms with E-state index in [0.717, 1.165) is 15.7 Å². The van der Waals surface area contributed by atoms with E-state index in [-0.39, 0.29) is 0 Å². The summed E-state index contributed by atoms with van der Waals surface area (Å²) in [5, 5.41) is 4.72. The Morgan fingerprint density at radius 2 is 1.67 bits per heavy atom. The van der Waals surface area contributed by atoms with Gasteiger partial charge in [0.1, 0.15) is 0 Å². The Kier molecular flexibility index (Phi) is 4.55. The molecule has 2 aromatic carbocycles. The van der Waals surface area contributed by atoms with Crippen molar-refractivity contribution in [1.29, 1.82) is 0 Å². The molecule has 0 atom stereocenters. The Balaban J connectivity index is 2.19. The third kappa shape index (κ3) is 3.00. The number of hydrogen-bond donors (Lipinski definition) is 1. The van der Waals surface area contributed by atoms with Crippen molar-refractivity contribution in [3.05, 3.63) is 62.0 Å². The largest absolute Gasteiger partial charge is 0.381 e. The smallest absolute Gasteiger partial charge is 0.0470 e. The monoisotopic (exact) mass is 343 g/mol. The maximum atomic E-state index is 6.13. The Labute approximate surface area is 125 Å². The molecular weight excluding hydrogens is 333 g/mol. The van der Waals surface area contributed by atoms with Crippen molar-refractivity contribution >= 4 is 44.8 Å². The molecule has 0 aliphatic heterocycles. The van der Waals surface area contributed by atoms with Crippen LogP contribution in [0.3, 0.4) is 0 Å². The van der Waals surface area contributed by atoms with Crippen LogP contribution in [0.1, 0.15) is 11.1 Å². The van der Waals surface area contributed by atoms with Gasteiger partial charge < -0.3 is 5.32 Å². The fourth-order valence-electron chi connectivity index (χ4n) is 1.68. The minimum absolute atomic E-state index is 0.607. The lowest BCUT2D eigenvalue weighted by Crippen LogP contribution is -2.02. The third-order valence-electron chi connectivity index (χ3n) is 2.78. The van der Waals surface area contributed by atoms with Crippen LogP contribution in [0.4, 0.5) is 5.69 Å². The van der Waals surface area contributed by atoms with Crippen molar-refractivity contribution in [2.24, 2.45) is 0 Å². The first-order valence-electron chi connectivity index (χ1n) is 5.51. The lowest BCUT2D eigenvalue weighted by molar-refractivity contribution is 1.14. The molecule has 0 radical (unpaired) electrons. The summed E-state index contributed by atoms with van der Waals surface area (Å²) in [5.41, 5.74) is 3.15. The molecule has 0 bridgehead atoms. The van der Waals surface area contributed by atoms with E-state index in [2.05, 4.69) is 28.2 Å². The summed E-state index contributed by atoms with van der Waals surface area (Å²) in [6.45, 7) is 2.66. The SMILES string of the molecule is Cc1c(Br)cccc1NCc1c(Cl)cccc1Cl. The van der Waals surface area contributed by atoms with E-state index in [9.17, 15) is 0 Å². The average molecular weight is 345 g/mol. The highest BCUT2D eigenvalue weighted by atomic mass is 79.9. The third-order valence-corrected chi connectivity index (χ3v) is 4.35. The highest BCUT2D eigenvalue weighted by Gasteiger charge is 2.06. The topological polar surface area (TPSA) is 12.0 Å². The first-order valence-corrected chi connectivity index (χ1v) is 7.06. The molecule has 4 heteroatoms. The number of rotatable bonds is 3. The molecule has 0 aliphatic carbocycles. The van der Waals surface area contributed by atoms with Gasteiger partial charge in [0.05, 0.1) is 0 Å². The van der Waals surface area contributed by atoms with Crippen LogP contribution in [-0.2, 0) is 6.54 Å². The van der Waals surface area contributed by atoms with Gasteiger partial charge in [-0.05, 0) is 36.8 Å². The highest BCUT2D eigenvalue weighted by molar-refractivity contribution is 9.10. The van der Waals surface area contributed by atoms with Crippen molar-refractivity contribution in [3.8, 4) is 0 Å². The molecule has 94 valence electrons. The van der Waals surface area contributed by atoms with E-state index < -0.39 is 0 Å². The second-order valence-corrected chi connectivity index (χ2v) is 5.63. The molecule has 0 heterocycles. The summed E-state index contributed by atoms with van der Waals surface area (Å²) in [5.74, 6) is 0. The molecule has 0 fully saturated rings. The predicted molar refractivity (Wildman–Crippen MR) is 82.7 cm³/mol. The van der Waals surface area contributed by atoms with Gasteiger partial charge in [-0.2, -0.15) is 0 Å². The molecule has 0 saturated carbocycles. The molecule has 1 nitrogen and oxygen atoms in total. The quantitative estimate of drug-likeness (QED) is 0.755. The summed E-state index contributed by atoms with van der Waals surface area (Å²) in [4.78, 5) is 0. The molecule has 2 aromatic rings. The molecule has 1 N–H and O–H groups in total. The Bertz CT molecular complexity index is 549. The minimum atomic E-state index is 0.607.